The van der Waals surface area contributed by atoms with Crippen LogP contribution in [0.4, 0.5) is 0 Å². The number of benzene rings is 2. The summed E-state index contributed by atoms with van der Waals surface area (Å²) in [5, 5.41) is 0. The molecule has 0 spiro atoms. The van der Waals surface area contributed by atoms with Crippen LogP contribution in [-0.4, -0.2) is 38.1 Å². The number of fused-ring (bicyclic) bond motifs is 2. The summed E-state index contributed by atoms with van der Waals surface area (Å²) in [6.07, 6.45) is 5.36. The lowest BCUT2D eigenvalue weighted by molar-refractivity contribution is -0.134. The lowest BCUT2D eigenvalue weighted by atomic mass is 9.86. The molecule has 1 fully saturated rings. The average molecular weight is 375 g/mol. The molecule has 2 aromatic carbocycles. The van der Waals surface area contributed by atoms with Crippen LogP contribution in [0.3, 0.4) is 0 Å². The molecule has 2 aliphatic rings. The van der Waals surface area contributed by atoms with Crippen molar-refractivity contribution in [3.8, 4) is 5.75 Å². The van der Waals surface area contributed by atoms with Crippen LogP contribution in [-0.2, 0) is 16.1 Å². The molecule has 2 aliphatic heterocycles. The number of carbonyl (C=O) groups excluding carboxylic acids is 1. The molecule has 28 heavy (non-hydrogen) atoms. The number of methoxy groups -OCH3 is 1. The molecule has 0 atom stereocenters. The minimum atomic E-state index is -0.356. The number of nitrogens with zero attached hydrogens (tertiary/aromatic N) is 1. The Morgan fingerprint density at radius 3 is 2.68 bits per heavy atom. The van der Waals surface area contributed by atoms with Crippen molar-refractivity contribution >= 4 is 17.6 Å². The minimum Gasteiger partial charge on any atom is -0.488 e. The van der Waals surface area contributed by atoms with Gasteiger partial charge in [-0.15, -0.1) is 0 Å². The zero-order valence-corrected chi connectivity index (χ0v) is 16.4. The van der Waals surface area contributed by atoms with Crippen LogP contribution < -0.4 is 4.74 Å². The molecule has 0 aromatic heterocycles. The lowest BCUT2D eigenvalue weighted by Crippen LogP contribution is -2.27. The standard InChI is InChI=1S/C24H25NO3/c1-25-13-11-18(12-14-25)24-20-6-4-3-5-19(20)16-28-22-9-7-17(15-21(22)24)8-10-23(26)27-2/h3-10,15H,11-14,16H2,1-2H3. The Hall–Kier alpha value is -2.85. The first-order chi connectivity index (χ1) is 13.7. The van der Waals surface area contributed by atoms with Gasteiger partial charge in [-0.1, -0.05) is 35.9 Å². The van der Waals surface area contributed by atoms with Crippen molar-refractivity contribution in [2.75, 3.05) is 27.2 Å². The molecule has 4 rings (SSSR count). The van der Waals surface area contributed by atoms with Crippen molar-refractivity contribution in [2.45, 2.75) is 19.4 Å². The Bertz CT molecular complexity index is 948. The second-order valence-corrected chi connectivity index (χ2v) is 7.34. The van der Waals surface area contributed by atoms with Gasteiger partial charge in [0.15, 0.2) is 0 Å². The maximum Gasteiger partial charge on any atom is 0.330 e. The van der Waals surface area contributed by atoms with Gasteiger partial charge in [0.1, 0.15) is 12.4 Å². The smallest absolute Gasteiger partial charge is 0.330 e. The highest BCUT2D eigenvalue weighted by atomic mass is 16.5. The Balaban J connectivity index is 1.85. The van der Waals surface area contributed by atoms with E-state index < -0.39 is 0 Å². The maximum atomic E-state index is 11.5. The largest absolute Gasteiger partial charge is 0.488 e. The predicted octanol–water partition coefficient (Wildman–Crippen LogP) is 4.29. The molecule has 0 bridgehead atoms. The number of esters is 1. The molecule has 0 unspecified atom stereocenters. The summed E-state index contributed by atoms with van der Waals surface area (Å²) in [6, 6.07) is 14.6. The van der Waals surface area contributed by atoms with Gasteiger partial charge in [0.25, 0.3) is 0 Å². The number of hydrogen-bond donors (Lipinski definition) is 0. The molecule has 4 heteroatoms. The van der Waals surface area contributed by atoms with Crippen molar-refractivity contribution in [3.05, 3.63) is 76.4 Å². The third-order valence-corrected chi connectivity index (χ3v) is 5.50. The second kappa shape index (κ2) is 8.03. The van der Waals surface area contributed by atoms with Gasteiger partial charge in [-0.25, -0.2) is 4.79 Å². The number of hydrogen-bond acceptors (Lipinski definition) is 4. The highest BCUT2D eigenvalue weighted by Crippen LogP contribution is 2.41. The summed E-state index contributed by atoms with van der Waals surface area (Å²) in [5.41, 5.74) is 7.31. The molecule has 4 nitrogen and oxygen atoms in total. The number of carbonyl (C=O) groups is 1. The first kappa shape index (κ1) is 18.5. The van der Waals surface area contributed by atoms with E-state index in [1.807, 2.05) is 12.1 Å². The van der Waals surface area contributed by atoms with E-state index in [4.69, 9.17) is 9.47 Å². The van der Waals surface area contributed by atoms with Gasteiger partial charge in [-0.3, -0.25) is 0 Å². The quantitative estimate of drug-likeness (QED) is 0.580. The normalized spacial score (nSPS) is 16.9. The summed E-state index contributed by atoms with van der Waals surface area (Å²) in [4.78, 5) is 13.9. The van der Waals surface area contributed by atoms with Crippen molar-refractivity contribution < 1.29 is 14.3 Å². The number of ether oxygens (including phenoxy) is 2. The molecule has 2 heterocycles. The van der Waals surface area contributed by atoms with E-state index in [9.17, 15) is 4.79 Å². The van der Waals surface area contributed by atoms with Crippen molar-refractivity contribution in [1.29, 1.82) is 0 Å². The van der Waals surface area contributed by atoms with Gasteiger partial charge < -0.3 is 14.4 Å². The van der Waals surface area contributed by atoms with E-state index in [0.29, 0.717) is 6.61 Å². The van der Waals surface area contributed by atoms with Gasteiger partial charge in [0.2, 0.25) is 0 Å². The van der Waals surface area contributed by atoms with Crippen molar-refractivity contribution in [1.82, 2.24) is 4.90 Å². The van der Waals surface area contributed by atoms with Crippen LogP contribution in [0, 0.1) is 0 Å². The summed E-state index contributed by atoms with van der Waals surface area (Å²) in [5.74, 6) is 0.540. The third-order valence-electron chi connectivity index (χ3n) is 5.50. The molecular weight excluding hydrogens is 350 g/mol. The van der Waals surface area contributed by atoms with Gasteiger partial charge in [0.05, 0.1) is 7.11 Å². The highest BCUT2D eigenvalue weighted by molar-refractivity contribution is 5.90. The van der Waals surface area contributed by atoms with Crippen molar-refractivity contribution in [3.63, 3.8) is 0 Å². The summed E-state index contributed by atoms with van der Waals surface area (Å²) >= 11 is 0. The summed E-state index contributed by atoms with van der Waals surface area (Å²) in [7, 11) is 3.56. The molecule has 2 aromatic rings. The fraction of sp³-hybridized carbons (Fsp3) is 0.292. The fourth-order valence-corrected chi connectivity index (χ4v) is 3.91. The van der Waals surface area contributed by atoms with Crippen LogP contribution in [0.5, 0.6) is 5.75 Å². The number of rotatable bonds is 2. The predicted molar refractivity (Wildman–Crippen MR) is 111 cm³/mol. The fourth-order valence-electron chi connectivity index (χ4n) is 3.91. The molecule has 0 N–H and O–H groups in total. The Morgan fingerprint density at radius 2 is 1.89 bits per heavy atom. The number of likely N-dealkylation sites (tertiary alicyclic amines) is 1. The van der Waals surface area contributed by atoms with Gasteiger partial charge in [0, 0.05) is 24.7 Å². The van der Waals surface area contributed by atoms with Crippen LogP contribution in [0.15, 0.2) is 54.1 Å². The first-order valence-electron chi connectivity index (χ1n) is 9.68. The van der Waals surface area contributed by atoms with Gasteiger partial charge in [-0.05, 0) is 60.4 Å². The SMILES string of the molecule is COC(=O)C=Cc1ccc2c(c1)C(=C1CCN(C)CC1)c1ccccc1CO2. The minimum absolute atomic E-state index is 0.356. The molecule has 0 aliphatic carbocycles. The van der Waals surface area contributed by atoms with E-state index in [2.05, 4.69) is 42.3 Å². The number of piperidine rings is 1. The molecule has 0 amide bonds. The zero-order valence-electron chi connectivity index (χ0n) is 16.4. The Labute approximate surface area is 166 Å². The lowest BCUT2D eigenvalue weighted by Gasteiger charge is -2.27. The second-order valence-electron chi connectivity index (χ2n) is 7.34. The first-order valence-corrected chi connectivity index (χ1v) is 9.68. The monoisotopic (exact) mass is 375 g/mol. The van der Waals surface area contributed by atoms with Crippen LogP contribution in [0.25, 0.3) is 11.6 Å². The molecule has 144 valence electrons. The van der Waals surface area contributed by atoms with Gasteiger partial charge >= 0.3 is 5.97 Å². The molecule has 1 saturated heterocycles. The molecule has 0 saturated carbocycles. The van der Waals surface area contributed by atoms with E-state index in [1.54, 1.807) is 6.08 Å². The molecular formula is C24H25NO3. The van der Waals surface area contributed by atoms with Crippen LogP contribution in [0.1, 0.15) is 35.1 Å². The van der Waals surface area contributed by atoms with Crippen LogP contribution >= 0.6 is 0 Å². The average Bonchev–Trinajstić information content (AvgIpc) is 2.89. The van der Waals surface area contributed by atoms with E-state index in [-0.39, 0.29) is 5.97 Å². The third kappa shape index (κ3) is 3.73. The maximum absolute atomic E-state index is 11.5. The molecule has 0 radical (unpaired) electrons. The topological polar surface area (TPSA) is 38.8 Å². The van der Waals surface area contributed by atoms with Gasteiger partial charge in [-0.2, -0.15) is 0 Å². The van der Waals surface area contributed by atoms with Crippen molar-refractivity contribution in [2.24, 2.45) is 0 Å². The van der Waals surface area contributed by atoms with Crippen LogP contribution in [0.2, 0.25) is 0 Å². The Morgan fingerprint density at radius 1 is 1.11 bits per heavy atom. The summed E-state index contributed by atoms with van der Waals surface area (Å²) < 4.78 is 10.9. The summed E-state index contributed by atoms with van der Waals surface area (Å²) in [6.45, 7) is 2.70. The van der Waals surface area contributed by atoms with E-state index in [0.717, 1.165) is 42.8 Å². The van der Waals surface area contributed by atoms with E-state index in [1.165, 1.54) is 35.5 Å². The van der Waals surface area contributed by atoms with E-state index >= 15 is 0 Å². The zero-order chi connectivity index (χ0) is 19.5. The highest BCUT2D eigenvalue weighted by Gasteiger charge is 2.24. The Kier molecular flexibility index (Phi) is 5.31.